The van der Waals surface area contributed by atoms with Crippen molar-refractivity contribution in [3.05, 3.63) is 41.8 Å². The van der Waals surface area contributed by atoms with Gasteiger partial charge in [-0.3, -0.25) is 4.40 Å². The molecule has 0 amide bonds. The van der Waals surface area contributed by atoms with Gasteiger partial charge in [0, 0.05) is 11.7 Å². The van der Waals surface area contributed by atoms with Crippen LogP contribution in [0.25, 0.3) is 17.1 Å². The third-order valence-corrected chi connectivity index (χ3v) is 3.31. The highest BCUT2D eigenvalue weighted by atomic mass is 16.3. The molecule has 0 spiro atoms. The fraction of sp³-hybridized carbons (Fsp3) is 0.353. The fourth-order valence-electron chi connectivity index (χ4n) is 2.41. The maximum Gasteiger partial charge on any atom is 0.156 e. The van der Waals surface area contributed by atoms with E-state index >= 15 is 0 Å². The van der Waals surface area contributed by atoms with E-state index < -0.39 is 0 Å². The van der Waals surface area contributed by atoms with E-state index in [4.69, 9.17) is 9.40 Å². The highest BCUT2D eigenvalue weighted by Crippen LogP contribution is 2.32. The Bertz CT molecular complexity index is 790. The molecule has 110 valence electrons. The Kier molecular flexibility index (Phi) is 3.04. The monoisotopic (exact) mass is 283 g/mol. The van der Waals surface area contributed by atoms with Gasteiger partial charge in [0.25, 0.3) is 0 Å². The summed E-state index contributed by atoms with van der Waals surface area (Å²) in [6.07, 6.45) is 2.03. The molecule has 0 unspecified atom stereocenters. The van der Waals surface area contributed by atoms with Gasteiger partial charge in [0.1, 0.15) is 22.9 Å². The molecule has 0 atom stereocenters. The maximum atomic E-state index is 5.78. The molecule has 4 nitrogen and oxygen atoms in total. The summed E-state index contributed by atoms with van der Waals surface area (Å²) in [5.41, 5.74) is 2.89. The summed E-state index contributed by atoms with van der Waals surface area (Å²) in [6, 6.07) is 8.04. The number of imidazole rings is 1. The molecule has 4 heteroatoms. The molecule has 0 saturated carbocycles. The second-order valence-electron chi connectivity index (χ2n) is 6.48. The predicted molar refractivity (Wildman–Crippen MR) is 85.7 cm³/mol. The smallest absolute Gasteiger partial charge is 0.156 e. The highest BCUT2D eigenvalue weighted by Gasteiger charge is 2.21. The van der Waals surface area contributed by atoms with Crippen LogP contribution < -0.4 is 5.32 Å². The van der Waals surface area contributed by atoms with E-state index in [1.807, 2.05) is 31.3 Å². The number of nitrogens with one attached hydrogen (secondary N) is 1. The van der Waals surface area contributed by atoms with Crippen molar-refractivity contribution in [3.63, 3.8) is 0 Å². The summed E-state index contributed by atoms with van der Waals surface area (Å²) in [6.45, 7) is 10.4. The molecule has 3 aromatic heterocycles. The van der Waals surface area contributed by atoms with Crippen molar-refractivity contribution in [2.24, 2.45) is 0 Å². The molecule has 0 aliphatic heterocycles. The van der Waals surface area contributed by atoms with E-state index in [-0.39, 0.29) is 5.54 Å². The van der Waals surface area contributed by atoms with Gasteiger partial charge in [0.2, 0.25) is 0 Å². The molecule has 0 fully saturated rings. The van der Waals surface area contributed by atoms with Crippen LogP contribution in [0.4, 0.5) is 5.82 Å². The zero-order chi connectivity index (χ0) is 15.2. The zero-order valence-corrected chi connectivity index (χ0v) is 13.2. The Hall–Kier alpha value is -2.23. The van der Waals surface area contributed by atoms with Crippen molar-refractivity contribution in [3.8, 4) is 11.5 Å². The second-order valence-corrected chi connectivity index (χ2v) is 6.48. The summed E-state index contributed by atoms with van der Waals surface area (Å²) < 4.78 is 7.87. The first-order chi connectivity index (χ1) is 9.85. The third kappa shape index (κ3) is 2.53. The number of aromatic nitrogens is 2. The first kappa shape index (κ1) is 13.7. The van der Waals surface area contributed by atoms with Gasteiger partial charge in [-0.25, -0.2) is 4.98 Å². The van der Waals surface area contributed by atoms with Crippen LogP contribution in [0.3, 0.4) is 0 Å². The number of rotatable bonds is 2. The lowest BCUT2D eigenvalue weighted by molar-refractivity contribution is 0.546. The van der Waals surface area contributed by atoms with Crippen molar-refractivity contribution >= 4 is 11.5 Å². The van der Waals surface area contributed by atoms with Crippen LogP contribution in [0.1, 0.15) is 32.1 Å². The largest absolute Gasteiger partial charge is 0.460 e. The summed E-state index contributed by atoms with van der Waals surface area (Å²) in [5.74, 6) is 2.65. The van der Waals surface area contributed by atoms with E-state index in [2.05, 4.69) is 43.5 Å². The lowest BCUT2D eigenvalue weighted by Gasteiger charge is -2.22. The average Bonchev–Trinajstić information content (AvgIpc) is 2.94. The molecule has 21 heavy (non-hydrogen) atoms. The van der Waals surface area contributed by atoms with Gasteiger partial charge in [0.15, 0.2) is 5.76 Å². The van der Waals surface area contributed by atoms with Gasteiger partial charge in [-0.2, -0.15) is 0 Å². The van der Waals surface area contributed by atoms with Gasteiger partial charge in [0.05, 0.1) is 0 Å². The summed E-state index contributed by atoms with van der Waals surface area (Å²) >= 11 is 0. The molecular weight excluding hydrogens is 262 g/mol. The Morgan fingerprint density at radius 3 is 2.52 bits per heavy atom. The van der Waals surface area contributed by atoms with Crippen molar-refractivity contribution in [1.82, 2.24) is 9.38 Å². The summed E-state index contributed by atoms with van der Waals surface area (Å²) in [4.78, 5) is 4.79. The van der Waals surface area contributed by atoms with Crippen LogP contribution in [0.15, 0.2) is 34.9 Å². The normalized spacial score (nSPS) is 12.0. The molecule has 3 heterocycles. The average molecular weight is 283 g/mol. The quantitative estimate of drug-likeness (QED) is 0.757. The van der Waals surface area contributed by atoms with Crippen molar-refractivity contribution < 1.29 is 4.42 Å². The number of aryl methyl sites for hydroxylation is 2. The summed E-state index contributed by atoms with van der Waals surface area (Å²) in [7, 11) is 0. The number of nitrogens with zero attached hydrogens (tertiary/aromatic N) is 2. The number of hydrogen-bond donors (Lipinski definition) is 1. The topological polar surface area (TPSA) is 42.5 Å². The van der Waals surface area contributed by atoms with Gasteiger partial charge in [-0.05, 0) is 58.4 Å². The fourth-order valence-corrected chi connectivity index (χ4v) is 2.41. The van der Waals surface area contributed by atoms with Crippen molar-refractivity contribution in [2.75, 3.05) is 5.32 Å². The maximum absolute atomic E-state index is 5.78. The predicted octanol–water partition coefficient (Wildman–Crippen LogP) is 4.42. The van der Waals surface area contributed by atoms with Crippen LogP contribution in [0, 0.1) is 13.8 Å². The first-order valence-corrected chi connectivity index (χ1v) is 7.18. The minimum absolute atomic E-state index is 0.0594. The SMILES string of the molecule is Cc1ccc(-c2nc3c(C)cccn3c2NC(C)(C)C)o1. The zero-order valence-electron chi connectivity index (χ0n) is 13.2. The number of pyridine rings is 1. The van der Waals surface area contributed by atoms with Crippen LogP contribution >= 0.6 is 0 Å². The van der Waals surface area contributed by atoms with Gasteiger partial charge in [-0.1, -0.05) is 6.07 Å². The Morgan fingerprint density at radius 2 is 1.90 bits per heavy atom. The van der Waals surface area contributed by atoms with E-state index in [0.717, 1.165) is 34.2 Å². The Labute approximate surface area is 124 Å². The molecule has 0 radical (unpaired) electrons. The standard InChI is InChI=1S/C17H21N3O/c1-11-7-6-10-20-15(11)18-14(13-9-8-12(2)21-13)16(20)19-17(3,4)5/h6-10,19H,1-5H3. The lowest BCUT2D eigenvalue weighted by Crippen LogP contribution is -2.27. The molecular formula is C17H21N3O. The molecule has 3 rings (SSSR count). The highest BCUT2D eigenvalue weighted by molar-refractivity contribution is 5.75. The number of hydrogen-bond acceptors (Lipinski definition) is 3. The molecule has 0 aliphatic carbocycles. The van der Waals surface area contributed by atoms with Crippen molar-refractivity contribution in [1.29, 1.82) is 0 Å². The second kappa shape index (κ2) is 4.65. The molecule has 1 N–H and O–H groups in total. The molecule has 0 aliphatic rings. The number of fused-ring (bicyclic) bond motifs is 1. The first-order valence-electron chi connectivity index (χ1n) is 7.18. The van der Waals surface area contributed by atoms with Crippen LogP contribution in [0.2, 0.25) is 0 Å². The number of furan rings is 1. The van der Waals surface area contributed by atoms with Crippen molar-refractivity contribution in [2.45, 2.75) is 40.2 Å². The van der Waals surface area contributed by atoms with E-state index in [9.17, 15) is 0 Å². The molecule has 0 aromatic carbocycles. The van der Waals surface area contributed by atoms with Crippen LogP contribution in [-0.4, -0.2) is 14.9 Å². The van der Waals surface area contributed by atoms with E-state index in [1.54, 1.807) is 0 Å². The molecule has 0 bridgehead atoms. The van der Waals surface area contributed by atoms with E-state index in [1.165, 1.54) is 0 Å². The van der Waals surface area contributed by atoms with Crippen LogP contribution in [0.5, 0.6) is 0 Å². The lowest BCUT2D eigenvalue weighted by atomic mass is 10.1. The Morgan fingerprint density at radius 1 is 1.14 bits per heavy atom. The minimum Gasteiger partial charge on any atom is -0.460 e. The van der Waals surface area contributed by atoms with Crippen LogP contribution in [-0.2, 0) is 0 Å². The number of anilines is 1. The molecule has 3 aromatic rings. The van der Waals surface area contributed by atoms with Gasteiger partial charge >= 0.3 is 0 Å². The summed E-state index contributed by atoms with van der Waals surface area (Å²) in [5, 5.41) is 3.55. The molecule has 0 saturated heterocycles. The minimum atomic E-state index is -0.0594. The Balaban J connectivity index is 2.27. The third-order valence-electron chi connectivity index (χ3n) is 3.31. The van der Waals surface area contributed by atoms with Gasteiger partial charge in [-0.15, -0.1) is 0 Å². The van der Waals surface area contributed by atoms with E-state index in [0.29, 0.717) is 0 Å². The van der Waals surface area contributed by atoms with Gasteiger partial charge < -0.3 is 9.73 Å².